The Morgan fingerprint density at radius 1 is 1.27 bits per heavy atom. The molecule has 0 aromatic heterocycles. The first-order valence-electron chi connectivity index (χ1n) is 6.03. The number of rotatable bonds is 9. The second kappa shape index (κ2) is 7.63. The molecule has 0 spiro atoms. The van der Waals surface area contributed by atoms with Crippen LogP contribution in [-0.4, -0.2) is 11.3 Å². The second-order valence-corrected chi connectivity index (χ2v) is 4.17. The third kappa shape index (κ3) is 5.12. The Labute approximate surface area is 93.9 Å². The highest BCUT2D eigenvalue weighted by Gasteiger charge is 2.28. The number of allylic oxidation sites excluding steroid dienone is 1. The zero-order chi connectivity index (χ0) is 11.7. The number of Topliss-reactive ketones (excluding diaryl/α,β-unsaturated/α-hetero) is 1. The smallest absolute Gasteiger partial charge is 0.152 e. The maximum atomic E-state index is 11.8. The molecule has 0 rings (SSSR count). The van der Waals surface area contributed by atoms with Crippen LogP contribution in [0.5, 0.6) is 0 Å². The summed E-state index contributed by atoms with van der Waals surface area (Å²) in [5.41, 5.74) is 5.44. The van der Waals surface area contributed by atoms with E-state index in [9.17, 15) is 4.79 Å². The van der Waals surface area contributed by atoms with Gasteiger partial charge in [0.2, 0.25) is 0 Å². The zero-order valence-corrected chi connectivity index (χ0v) is 10.2. The minimum Gasteiger partial charge on any atom is -0.319 e. The summed E-state index contributed by atoms with van der Waals surface area (Å²) in [6.07, 6.45) is 8.29. The number of unbranched alkanes of at least 4 members (excludes halogenated alkanes) is 3. The molecule has 0 saturated carbocycles. The number of carbonyl (C=O) groups is 1. The second-order valence-electron chi connectivity index (χ2n) is 4.17. The maximum Gasteiger partial charge on any atom is 0.152 e. The summed E-state index contributed by atoms with van der Waals surface area (Å²) in [5, 5.41) is 0. The van der Waals surface area contributed by atoms with E-state index in [-0.39, 0.29) is 5.78 Å². The molecule has 0 bridgehead atoms. The topological polar surface area (TPSA) is 43.1 Å². The molecule has 2 nitrogen and oxygen atoms in total. The van der Waals surface area contributed by atoms with Gasteiger partial charge in [0.05, 0.1) is 5.54 Å². The number of ketones is 1. The SMILES string of the molecule is C=CCCCCCC(=O)C(N)(CC)CC. The van der Waals surface area contributed by atoms with Gasteiger partial charge in [-0.1, -0.05) is 26.3 Å². The first-order chi connectivity index (χ1) is 7.10. The lowest BCUT2D eigenvalue weighted by Gasteiger charge is -2.24. The quantitative estimate of drug-likeness (QED) is 0.470. The maximum absolute atomic E-state index is 11.8. The fourth-order valence-corrected chi connectivity index (χ4v) is 1.64. The Bertz CT molecular complexity index is 195. The van der Waals surface area contributed by atoms with Crippen molar-refractivity contribution in [3.8, 4) is 0 Å². The van der Waals surface area contributed by atoms with E-state index in [2.05, 4.69) is 6.58 Å². The Morgan fingerprint density at radius 2 is 1.87 bits per heavy atom. The Hall–Kier alpha value is -0.630. The monoisotopic (exact) mass is 211 g/mol. The molecule has 88 valence electrons. The van der Waals surface area contributed by atoms with Gasteiger partial charge in [0.15, 0.2) is 5.78 Å². The summed E-state index contributed by atoms with van der Waals surface area (Å²) in [6.45, 7) is 7.64. The molecule has 0 saturated heterocycles. The van der Waals surface area contributed by atoms with Crippen molar-refractivity contribution in [3.05, 3.63) is 12.7 Å². The molecule has 0 unspecified atom stereocenters. The molecule has 2 N–H and O–H groups in total. The standard InChI is InChI=1S/C13H25NO/c1-4-7-8-9-10-11-12(15)13(14,5-2)6-3/h4H,1,5-11,14H2,2-3H3. The molecular formula is C13H25NO. The highest BCUT2D eigenvalue weighted by molar-refractivity contribution is 5.87. The molecule has 0 aliphatic heterocycles. The molecule has 2 heteroatoms. The summed E-state index contributed by atoms with van der Waals surface area (Å²) in [5.74, 6) is 0.228. The van der Waals surface area contributed by atoms with Gasteiger partial charge < -0.3 is 5.73 Å². The van der Waals surface area contributed by atoms with Crippen LogP contribution in [-0.2, 0) is 4.79 Å². The lowest BCUT2D eigenvalue weighted by molar-refractivity contribution is -0.124. The highest BCUT2D eigenvalue weighted by atomic mass is 16.1. The molecule has 0 radical (unpaired) electrons. The lowest BCUT2D eigenvalue weighted by Crippen LogP contribution is -2.46. The van der Waals surface area contributed by atoms with E-state index in [1.807, 2.05) is 19.9 Å². The third-order valence-corrected chi connectivity index (χ3v) is 3.13. The average Bonchev–Trinajstić information content (AvgIpc) is 2.27. The van der Waals surface area contributed by atoms with Gasteiger partial charge in [0.25, 0.3) is 0 Å². The van der Waals surface area contributed by atoms with Crippen molar-refractivity contribution in [2.45, 2.75) is 64.3 Å². The van der Waals surface area contributed by atoms with Gasteiger partial charge in [-0.25, -0.2) is 0 Å². The molecule has 0 heterocycles. The number of carbonyl (C=O) groups excluding carboxylic acids is 1. The average molecular weight is 211 g/mol. The van der Waals surface area contributed by atoms with E-state index in [0.29, 0.717) is 6.42 Å². The van der Waals surface area contributed by atoms with Crippen molar-refractivity contribution < 1.29 is 4.79 Å². The van der Waals surface area contributed by atoms with Gasteiger partial charge in [-0.3, -0.25) is 4.79 Å². The fraction of sp³-hybridized carbons (Fsp3) is 0.769. The molecule has 0 aliphatic carbocycles. The van der Waals surface area contributed by atoms with Gasteiger partial charge in [-0.05, 0) is 32.1 Å². The van der Waals surface area contributed by atoms with E-state index in [0.717, 1.165) is 38.5 Å². The van der Waals surface area contributed by atoms with E-state index in [1.54, 1.807) is 0 Å². The van der Waals surface area contributed by atoms with Crippen molar-refractivity contribution in [1.82, 2.24) is 0 Å². The molecule has 0 atom stereocenters. The van der Waals surface area contributed by atoms with Crippen LogP contribution in [0.25, 0.3) is 0 Å². The van der Waals surface area contributed by atoms with Gasteiger partial charge in [0.1, 0.15) is 0 Å². The van der Waals surface area contributed by atoms with Gasteiger partial charge in [-0.2, -0.15) is 0 Å². The third-order valence-electron chi connectivity index (χ3n) is 3.13. The molecule has 0 aromatic carbocycles. The van der Waals surface area contributed by atoms with Crippen LogP contribution in [0.3, 0.4) is 0 Å². The predicted octanol–water partition coefficient (Wildman–Crippen LogP) is 3.21. The molecule has 0 aliphatic rings. The van der Waals surface area contributed by atoms with Gasteiger partial charge in [-0.15, -0.1) is 6.58 Å². The number of hydrogen-bond donors (Lipinski definition) is 1. The molecular weight excluding hydrogens is 186 g/mol. The highest BCUT2D eigenvalue weighted by Crippen LogP contribution is 2.16. The number of hydrogen-bond acceptors (Lipinski definition) is 2. The summed E-state index contributed by atoms with van der Waals surface area (Å²) < 4.78 is 0. The van der Waals surface area contributed by atoms with Crippen LogP contribution in [0.4, 0.5) is 0 Å². The van der Waals surface area contributed by atoms with Gasteiger partial charge in [0, 0.05) is 6.42 Å². The first-order valence-corrected chi connectivity index (χ1v) is 6.03. The summed E-state index contributed by atoms with van der Waals surface area (Å²) in [6, 6.07) is 0. The van der Waals surface area contributed by atoms with Crippen LogP contribution in [0.1, 0.15) is 58.8 Å². The number of nitrogens with two attached hydrogens (primary N) is 1. The van der Waals surface area contributed by atoms with Gasteiger partial charge >= 0.3 is 0 Å². The largest absolute Gasteiger partial charge is 0.319 e. The lowest BCUT2D eigenvalue weighted by atomic mass is 9.86. The van der Waals surface area contributed by atoms with Crippen LogP contribution in [0.2, 0.25) is 0 Å². The van der Waals surface area contributed by atoms with Crippen LogP contribution in [0, 0.1) is 0 Å². The van der Waals surface area contributed by atoms with Crippen LogP contribution >= 0.6 is 0 Å². The van der Waals surface area contributed by atoms with E-state index in [1.165, 1.54) is 0 Å². The van der Waals surface area contributed by atoms with Crippen molar-refractivity contribution in [2.24, 2.45) is 5.73 Å². The minimum atomic E-state index is -0.571. The molecule has 0 aromatic rings. The van der Waals surface area contributed by atoms with Crippen molar-refractivity contribution in [3.63, 3.8) is 0 Å². The Morgan fingerprint density at radius 3 is 2.33 bits per heavy atom. The van der Waals surface area contributed by atoms with E-state index < -0.39 is 5.54 Å². The van der Waals surface area contributed by atoms with Crippen molar-refractivity contribution in [1.29, 1.82) is 0 Å². The first kappa shape index (κ1) is 14.4. The van der Waals surface area contributed by atoms with Crippen LogP contribution in [0.15, 0.2) is 12.7 Å². The summed E-state index contributed by atoms with van der Waals surface area (Å²) in [7, 11) is 0. The fourth-order valence-electron chi connectivity index (χ4n) is 1.64. The normalized spacial score (nSPS) is 11.4. The summed E-state index contributed by atoms with van der Waals surface area (Å²) in [4.78, 5) is 11.8. The predicted molar refractivity (Wildman–Crippen MR) is 65.8 cm³/mol. The molecule has 0 fully saturated rings. The zero-order valence-electron chi connectivity index (χ0n) is 10.2. The summed E-state index contributed by atoms with van der Waals surface area (Å²) >= 11 is 0. The minimum absolute atomic E-state index is 0.228. The Balaban J connectivity index is 3.77. The Kier molecular flexibility index (Phi) is 7.31. The molecule has 0 amide bonds. The van der Waals surface area contributed by atoms with Crippen LogP contribution < -0.4 is 5.73 Å². The van der Waals surface area contributed by atoms with Crippen molar-refractivity contribution in [2.75, 3.05) is 0 Å². The van der Waals surface area contributed by atoms with Crippen molar-refractivity contribution >= 4 is 5.78 Å². The van der Waals surface area contributed by atoms with E-state index in [4.69, 9.17) is 5.73 Å². The molecule has 15 heavy (non-hydrogen) atoms. The van der Waals surface area contributed by atoms with E-state index >= 15 is 0 Å².